The zero-order valence-electron chi connectivity index (χ0n) is 11.4. The molecule has 0 radical (unpaired) electrons. The lowest BCUT2D eigenvalue weighted by atomic mass is 10.2. The number of hydrogen-bond acceptors (Lipinski definition) is 5. The average molecular weight is 324 g/mol. The van der Waals surface area contributed by atoms with Crippen LogP contribution in [0.2, 0.25) is 4.34 Å². The molecule has 0 atom stereocenters. The van der Waals surface area contributed by atoms with E-state index in [-0.39, 0.29) is 12.5 Å². The number of thiophene rings is 1. The van der Waals surface area contributed by atoms with Crippen LogP contribution in [-0.4, -0.2) is 19.6 Å². The van der Waals surface area contributed by atoms with Crippen LogP contribution in [0.15, 0.2) is 24.3 Å². The maximum Gasteiger partial charge on any atom is 0.262 e. The van der Waals surface area contributed by atoms with Gasteiger partial charge in [-0.05, 0) is 18.2 Å². The summed E-state index contributed by atoms with van der Waals surface area (Å²) in [6, 6.07) is 7.43. The van der Waals surface area contributed by atoms with E-state index in [0.717, 1.165) is 14.9 Å². The molecule has 0 fully saturated rings. The minimum Gasteiger partial charge on any atom is -0.482 e. The number of carbonyl (C=O) groups is 1. The summed E-state index contributed by atoms with van der Waals surface area (Å²) in [5, 5.41) is 2.79. The Hall–Kier alpha value is -1.92. The first kappa shape index (κ1) is 14.0. The second-order valence-electron chi connectivity index (χ2n) is 4.81. The fraction of sp³-hybridized carbons (Fsp3) is 0.214. The van der Waals surface area contributed by atoms with E-state index < -0.39 is 0 Å². The number of nitrogens with zero attached hydrogens (tertiary/aromatic N) is 1. The van der Waals surface area contributed by atoms with Crippen LogP contribution in [0.25, 0.3) is 0 Å². The molecule has 1 aliphatic rings. The third-order valence-electron chi connectivity index (χ3n) is 3.19. The average Bonchev–Trinajstić information content (AvgIpc) is 2.83. The van der Waals surface area contributed by atoms with Gasteiger partial charge in [-0.25, -0.2) is 0 Å². The normalized spacial score (nSPS) is 13.3. The highest BCUT2D eigenvalue weighted by Crippen LogP contribution is 2.37. The van der Waals surface area contributed by atoms with Crippen LogP contribution in [0.1, 0.15) is 4.88 Å². The van der Waals surface area contributed by atoms with Gasteiger partial charge in [-0.15, -0.1) is 11.3 Å². The minimum absolute atomic E-state index is 0.0231. The van der Waals surface area contributed by atoms with Crippen molar-refractivity contribution in [1.82, 2.24) is 0 Å². The van der Waals surface area contributed by atoms with E-state index in [4.69, 9.17) is 22.1 Å². The molecule has 1 amide bonds. The van der Waals surface area contributed by atoms with Gasteiger partial charge in [0.05, 0.1) is 27.9 Å². The van der Waals surface area contributed by atoms with E-state index in [2.05, 4.69) is 5.32 Å². The van der Waals surface area contributed by atoms with Gasteiger partial charge in [0.25, 0.3) is 5.91 Å². The molecule has 0 saturated heterocycles. The molecule has 0 spiro atoms. The lowest BCUT2D eigenvalue weighted by Crippen LogP contribution is -2.26. The number of anilines is 3. The van der Waals surface area contributed by atoms with Crippen molar-refractivity contribution in [2.75, 3.05) is 29.6 Å². The van der Waals surface area contributed by atoms with Crippen molar-refractivity contribution in [3.63, 3.8) is 0 Å². The van der Waals surface area contributed by atoms with Gasteiger partial charge in [0.1, 0.15) is 5.75 Å². The topological polar surface area (TPSA) is 67.6 Å². The first-order chi connectivity index (χ1) is 10.0. The van der Waals surface area contributed by atoms with Crippen molar-refractivity contribution in [3.8, 4) is 5.75 Å². The predicted octanol–water partition coefficient (Wildman–Crippen LogP) is 2.95. The monoisotopic (exact) mass is 323 g/mol. The smallest absolute Gasteiger partial charge is 0.262 e. The molecular formula is C14H14ClN3O2S. The third kappa shape index (κ3) is 2.91. The van der Waals surface area contributed by atoms with Crippen molar-refractivity contribution in [3.05, 3.63) is 33.5 Å². The Bertz CT molecular complexity index is 702. The first-order valence-corrected chi connectivity index (χ1v) is 7.54. The molecule has 3 N–H and O–H groups in total. The van der Waals surface area contributed by atoms with Crippen molar-refractivity contribution in [1.29, 1.82) is 0 Å². The van der Waals surface area contributed by atoms with Crippen LogP contribution in [-0.2, 0) is 11.3 Å². The third-order valence-corrected chi connectivity index (χ3v) is 4.41. The molecule has 7 heteroatoms. The Labute approximate surface area is 131 Å². The lowest BCUT2D eigenvalue weighted by molar-refractivity contribution is -0.118. The highest BCUT2D eigenvalue weighted by atomic mass is 35.5. The Morgan fingerprint density at radius 3 is 3.00 bits per heavy atom. The largest absolute Gasteiger partial charge is 0.482 e. The number of rotatable bonds is 3. The van der Waals surface area contributed by atoms with Crippen molar-refractivity contribution in [2.45, 2.75) is 6.54 Å². The molecule has 0 saturated carbocycles. The Morgan fingerprint density at radius 2 is 2.29 bits per heavy atom. The number of nitrogens with two attached hydrogens (primary N) is 1. The van der Waals surface area contributed by atoms with Crippen LogP contribution in [0.3, 0.4) is 0 Å². The second kappa shape index (κ2) is 5.46. The number of hydrogen-bond donors (Lipinski definition) is 2. The molecule has 3 rings (SSSR count). The summed E-state index contributed by atoms with van der Waals surface area (Å²) >= 11 is 7.48. The summed E-state index contributed by atoms with van der Waals surface area (Å²) in [6.07, 6.45) is 0. The number of fused-ring (bicyclic) bond motifs is 1. The van der Waals surface area contributed by atoms with Gasteiger partial charge in [-0.3, -0.25) is 4.79 Å². The van der Waals surface area contributed by atoms with E-state index in [9.17, 15) is 4.79 Å². The second-order valence-corrected chi connectivity index (χ2v) is 6.61. The number of benzene rings is 1. The van der Waals surface area contributed by atoms with Gasteiger partial charge in [-0.2, -0.15) is 0 Å². The molecule has 5 nitrogen and oxygen atoms in total. The quantitative estimate of drug-likeness (QED) is 0.852. The summed E-state index contributed by atoms with van der Waals surface area (Å²) in [4.78, 5) is 14.5. The molecule has 1 aliphatic heterocycles. The molecule has 2 aromatic rings. The highest BCUT2D eigenvalue weighted by molar-refractivity contribution is 7.16. The van der Waals surface area contributed by atoms with Gasteiger partial charge >= 0.3 is 0 Å². The minimum atomic E-state index is -0.161. The van der Waals surface area contributed by atoms with E-state index in [1.807, 2.05) is 30.1 Å². The van der Waals surface area contributed by atoms with Crippen molar-refractivity contribution < 1.29 is 9.53 Å². The number of carbonyl (C=O) groups excluding carboxylic acids is 1. The zero-order chi connectivity index (χ0) is 15.0. The van der Waals surface area contributed by atoms with Gasteiger partial charge in [-0.1, -0.05) is 11.6 Å². The van der Waals surface area contributed by atoms with E-state index in [1.54, 1.807) is 6.07 Å². The van der Waals surface area contributed by atoms with E-state index >= 15 is 0 Å². The van der Waals surface area contributed by atoms with Gasteiger partial charge in [0.2, 0.25) is 0 Å². The number of ether oxygens (including phenoxy) is 1. The maximum atomic E-state index is 11.4. The van der Waals surface area contributed by atoms with Crippen molar-refractivity contribution in [2.24, 2.45) is 0 Å². The molecule has 0 bridgehead atoms. The fourth-order valence-electron chi connectivity index (χ4n) is 2.22. The summed E-state index contributed by atoms with van der Waals surface area (Å²) in [7, 11) is 1.94. The van der Waals surface area contributed by atoms with Crippen LogP contribution >= 0.6 is 22.9 Å². The highest BCUT2D eigenvalue weighted by Gasteiger charge is 2.19. The maximum absolute atomic E-state index is 11.4. The molecule has 1 aromatic carbocycles. The lowest BCUT2D eigenvalue weighted by Gasteiger charge is -2.24. The van der Waals surface area contributed by atoms with Gasteiger partial charge in [0, 0.05) is 18.0 Å². The van der Waals surface area contributed by atoms with E-state index in [0.29, 0.717) is 23.7 Å². The predicted molar refractivity (Wildman–Crippen MR) is 86.4 cm³/mol. The van der Waals surface area contributed by atoms with Gasteiger partial charge in [0.15, 0.2) is 6.61 Å². The van der Waals surface area contributed by atoms with Crippen LogP contribution in [0, 0.1) is 0 Å². The van der Waals surface area contributed by atoms with Crippen LogP contribution in [0.5, 0.6) is 5.75 Å². The zero-order valence-corrected chi connectivity index (χ0v) is 12.9. The first-order valence-electron chi connectivity index (χ1n) is 6.34. The molecule has 110 valence electrons. The number of nitrogen functional groups attached to an aromatic ring is 1. The molecule has 0 unspecified atom stereocenters. The Balaban J connectivity index is 1.87. The molecular weight excluding hydrogens is 310 g/mol. The molecule has 1 aromatic heterocycles. The van der Waals surface area contributed by atoms with Crippen LogP contribution < -0.4 is 20.7 Å². The van der Waals surface area contributed by atoms with E-state index in [1.165, 1.54) is 11.3 Å². The molecule has 21 heavy (non-hydrogen) atoms. The Kier molecular flexibility index (Phi) is 3.65. The summed E-state index contributed by atoms with van der Waals surface area (Å²) in [5.74, 6) is 0.439. The SMILES string of the molecule is CN(Cc1ccc(Cl)s1)c1cc2c(cc1N)OCC(=O)N2. The van der Waals surface area contributed by atoms with Crippen LogP contribution in [0.4, 0.5) is 17.1 Å². The van der Waals surface area contributed by atoms with Gasteiger partial charge < -0.3 is 20.7 Å². The Morgan fingerprint density at radius 1 is 1.48 bits per heavy atom. The number of halogens is 1. The molecule has 2 heterocycles. The number of nitrogens with one attached hydrogen (secondary N) is 1. The summed E-state index contributed by atoms with van der Waals surface area (Å²) in [5.41, 5.74) is 8.17. The fourth-order valence-corrected chi connectivity index (χ4v) is 3.36. The summed E-state index contributed by atoms with van der Waals surface area (Å²) < 4.78 is 6.11. The van der Waals surface area contributed by atoms with Crippen molar-refractivity contribution >= 4 is 45.9 Å². The summed E-state index contributed by atoms with van der Waals surface area (Å²) in [6.45, 7) is 0.713. The molecule has 0 aliphatic carbocycles. The number of amides is 1. The standard InChI is InChI=1S/C14H14ClN3O2S/c1-18(6-8-2-3-13(15)21-8)11-5-10-12(4-9(11)16)20-7-14(19)17-10/h2-5H,6-7,16H2,1H3,(H,17,19).